The Morgan fingerprint density at radius 1 is 1.34 bits per heavy atom. The van der Waals surface area contributed by atoms with Crippen LogP contribution in [-0.4, -0.2) is 36.3 Å². The summed E-state index contributed by atoms with van der Waals surface area (Å²) in [4.78, 5) is 16.0. The first kappa shape index (κ1) is 22.4. The van der Waals surface area contributed by atoms with Crippen molar-refractivity contribution in [2.75, 3.05) is 25.7 Å². The van der Waals surface area contributed by atoms with Gasteiger partial charge in [-0.15, -0.1) is 0 Å². The first-order chi connectivity index (χ1) is 13.9. The van der Waals surface area contributed by atoms with E-state index in [2.05, 4.69) is 29.0 Å². The zero-order valence-electron chi connectivity index (χ0n) is 17.2. The lowest BCUT2D eigenvalue weighted by Crippen LogP contribution is -2.45. The SMILES string of the molecule is CCc1ccccc1C(C)(CN(N)C=C[NH3+])OCNc1cccnc1C(=O)OC. The fraction of sp³-hybridized carbons (Fsp3) is 0.333. The molecule has 1 aromatic carbocycles. The Morgan fingerprint density at radius 3 is 2.79 bits per heavy atom. The van der Waals surface area contributed by atoms with Crippen molar-refractivity contribution >= 4 is 11.7 Å². The van der Waals surface area contributed by atoms with E-state index in [0.29, 0.717) is 12.2 Å². The molecule has 1 heterocycles. The highest BCUT2D eigenvalue weighted by atomic mass is 16.5. The van der Waals surface area contributed by atoms with Gasteiger partial charge in [-0.2, -0.15) is 0 Å². The van der Waals surface area contributed by atoms with Gasteiger partial charge in [0.15, 0.2) is 5.69 Å². The first-order valence-electron chi connectivity index (χ1n) is 9.42. The summed E-state index contributed by atoms with van der Waals surface area (Å²) in [5.74, 6) is 5.59. The first-order valence-corrected chi connectivity index (χ1v) is 9.42. The molecule has 8 heteroatoms. The van der Waals surface area contributed by atoms with E-state index in [-0.39, 0.29) is 12.4 Å². The molecule has 0 saturated carbocycles. The van der Waals surface area contributed by atoms with Gasteiger partial charge in [0.1, 0.15) is 18.5 Å². The van der Waals surface area contributed by atoms with Crippen LogP contribution in [0.15, 0.2) is 55.0 Å². The highest BCUT2D eigenvalue weighted by molar-refractivity contribution is 5.93. The van der Waals surface area contributed by atoms with E-state index in [0.717, 1.165) is 12.0 Å². The normalized spacial score (nSPS) is 13.1. The number of pyridine rings is 1. The summed E-state index contributed by atoms with van der Waals surface area (Å²) < 4.78 is 11.1. The topological polar surface area (TPSA) is 117 Å². The van der Waals surface area contributed by atoms with Crippen molar-refractivity contribution in [3.05, 3.63) is 71.8 Å². The highest BCUT2D eigenvalue weighted by Gasteiger charge is 2.31. The van der Waals surface area contributed by atoms with Crippen LogP contribution in [0, 0.1) is 0 Å². The number of rotatable bonds is 10. The number of anilines is 1. The van der Waals surface area contributed by atoms with Crippen LogP contribution in [0.2, 0.25) is 0 Å². The number of nitrogens with zero attached hydrogens (tertiary/aromatic N) is 2. The van der Waals surface area contributed by atoms with Gasteiger partial charge in [-0.05, 0) is 36.6 Å². The van der Waals surface area contributed by atoms with Gasteiger partial charge in [0.25, 0.3) is 0 Å². The van der Waals surface area contributed by atoms with E-state index >= 15 is 0 Å². The molecule has 2 rings (SSSR count). The largest absolute Gasteiger partial charge is 0.464 e. The Bertz CT molecular complexity index is 843. The quantitative estimate of drug-likeness (QED) is 0.240. The molecule has 0 fully saturated rings. The number of nitrogens with one attached hydrogen (secondary N) is 1. The summed E-state index contributed by atoms with van der Waals surface area (Å²) in [6.45, 7) is 4.65. The average Bonchev–Trinajstić information content (AvgIpc) is 2.73. The maximum atomic E-state index is 11.9. The lowest BCUT2D eigenvalue weighted by atomic mass is 9.90. The van der Waals surface area contributed by atoms with E-state index in [4.69, 9.17) is 15.3 Å². The number of esters is 1. The number of aromatic nitrogens is 1. The molecular weight excluding hydrogens is 370 g/mol. The Labute approximate surface area is 171 Å². The third kappa shape index (κ3) is 5.77. The van der Waals surface area contributed by atoms with Crippen molar-refractivity contribution in [3.63, 3.8) is 0 Å². The van der Waals surface area contributed by atoms with Gasteiger partial charge in [0, 0.05) is 6.20 Å². The molecule has 0 aliphatic heterocycles. The average molecular weight is 401 g/mol. The maximum Gasteiger partial charge on any atom is 0.358 e. The number of aryl methyl sites for hydroxylation is 1. The van der Waals surface area contributed by atoms with Gasteiger partial charge in [-0.1, -0.05) is 31.2 Å². The molecule has 6 N–H and O–H groups in total. The Balaban J connectivity index is 2.24. The standard InChI is InChI=1S/C21H29N5O3/c1-4-16-8-5-6-9-17(16)21(2,14-26(23)13-11-22)29-15-25-18-10-7-12-24-19(18)20(27)28-3/h5-13,25H,4,14-15,22-23H2,1-3H3/p+1. The number of nitrogens with two attached hydrogens (primary N) is 1. The molecule has 2 aromatic rings. The number of hydrazine groups is 1. The molecule has 1 atom stereocenters. The summed E-state index contributed by atoms with van der Waals surface area (Å²) in [5, 5.41) is 4.67. The van der Waals surface area contributed by atoms with Crippen molar-refractivity contribution in [1.82, 2.24) is 9.99 Å². The van der Waals surface area contributed by atoms with Crippen LogP contribution in [0.1, 0.15) is 35.5 Å². The number of methoxy groups -OCH3 is 1. The van der Waals surface area contributed by atoms with Gasteiger partial charge >= 0.3 is 5.97 Å². The summed E-state index contributed by atoms with van der Waals surface area (Å²) in [5.41, 5.74) is 5.96. The Hall–Kier alpha value is -2.94. The molecule has 0 bridgehead atoms. The molecule has 0 spiro atoms. The third-order valence-corrected chi connectivity index (χ3v) is 4.59. The fourth-order valence-corrected chi connectivity index (χ4v) is 3.17. The lowest BCUT2D eigenvalue weighted by molar-refractivity contribution is -0.276. The third-order valence-electron chi connectivity index (χ3n) is 4.59. The van der Waals surface area contributed by atoms with Crippen molar-refractivity contribution in [3.8, 4) is 0 Å². The minimum absolute atomic E-state index is 0.145. The van der Waals surface area contributed by atoms with E-state index in [1.807, 2.05) is 25.1 Å². The molecule has 1 unspecified atom stereocenters. The molecule has 0 aliphatic carbocycles. The molecule has 1 aromatic heterocycles. The van der Waals surface area contributed by atoms with Gasteiger partial charge < -0.3 is 25.5 Å². The van der Waals surface area contributed by atoms with Crippen LogP contribution >= 0.6 is 0 Å². The van der Waals surface area contributed by atoms with Crippen molar-refractivity contribution in [2.45, 2.75) is 25.9 Å². The van der Waals surface area contributed by atoms with Crippen LogP contribution in [-0.2, 0) is 21.5 Å². The second kappa shape index (κ2) is 10.6. The molecule has 0 aliphatic rings. The van der Waals surface area contributed by atoms with E-state index in [1.165, 1.54) is 18.9 Å². The molecule has 8 nitrogen and oxygen atoms in total. The minimum Gasteiger partial charge on any atom is -0.464 e. The molecule has 0 saturated heterocycles. The second-order valence-electron chi connectivity index (χ2n) is 6.66. The number of ether oxygens (including phenoxy) is 2. The Morgan fingerprint density at radius 2 is 2.10 bits per heavy atom. The van der Waals surface area contributed by atoms with Gasteiger partial charge in [-0.3, -0.25) is 0 Å². The van der Waals surface area contributed by atoms with Crippen molar-refractivity contribution < 1.29 is 20.0 Å². The summed E-state index contributed by atoms with van der Waals surface area (Å²) in [6.07, 6.45) is 5.73. The van der Waals surface area contributed by atoms with Crippen LogP contribution < -0.4 is 16.9 Å². The summed E-state index contributed by atoms with van der Waals surface area (Å²) >= 11 is 0. The van der Waals surface area contributed by atoms with Gasteiger partial charge in [-0.25, -0.2) is 15.6 Å². The zero-order chi connectivity index (χ0) is 21.3. The molecule has 156 valence electrons. The highest BCUT2D eigenvalue weighted by Crippen LogP contribution is 2.30. The van der Waals surface area contributed by atoms with E-state index < -0.39 is 11.6 Å². The fourth-order valence-electron chi connectivity index (χ4n) is 3.17. The van der Waals surface area contributed by atoms with Crippen molar-refractivity contribution in [2.24, 2.45) is 5.84 Å². The number of hydrogen-bond donors (Lipinski definition) is 3. The number of benzene rings is 1. The predicted octanol–water partition coefficient (Wildman–Crippen LogP) is 1.62. The smallest absolute Gasteiger partial charge is 0.358 e. The molecule has 29 heavy (non-hydrogen) atoms. The minimum atomic E-state index is -0.707. The lowest BCUT2D eigenvalue weighted by Gasteiger charge is -2.35. The number of quaternary nitrogens is 1. The van der Waals surface area contributed by atoms with E-state index in [9.17, 15) is 4.79 Å². The molecule has 0 radical (unpaired) electrons. The van der Waals surface area contributed by atoms with Crippen molar-refractivity contribution in [1.29, 1.82) is 0 Å². The number of carbonyl (C=O) groups is 1. The Kier molecular flexibility index (Phi) is 8.14. The number of hydrogen-bond acceptors (Lipinski definition) is 7. The van der Waals surface area contributed by atoms with Crippen LogP contribution in [0.4, 0.5) is 5.69 Å². The zero-order valence-corrected chi connectivity index (χ0v) is 17.2. The van der Waals surface area contributed by atoms with E-state index in [1.54, 1.807) is 29.5 Å². The summed E-state index contributed by atoms with van der Waals surface area (Å²) in [7, 11) is 1.32. The van der Waals surface area contributed by atoms with Crippen LogP contribution in [0.3, 0.4) is 0 Å². The van der Waals surface area contributed by atoms with Gasteiger partial charge in [0.2, 0.25) is 0 Å². The summed E-state index contributed by atoms with van der Waals surface area (Å²) in [6, 6.07) is 11.6. The van der Waals surface area contributed by atoms with Gasteiger partial charge in [0.05, 0.1) is 25.5 Å². The molecule has 0 amide bonds. The maximum absolute atomic E-state index is 11.9. The monoisotopic (exact) mass is 400 g/mol. The van der Waals surface area contributed by atoms with Crippen LogP contribution in [0.25, 0.3) is 0 Å². The predicted molar refractivity (Wildman–Crippen MR) is 111 cm³/mol. The van der Waals surface area contributed by atoms with Crippen LogP contribution in [0.5, 0.6) is 0 Å². The number of carbonyl (C=O) groups excluding carboxylic acids is 1. The second-order valence-corrected chi connectivity index (χ2v) is 6.66. The molecular formula is C21H30N5O3+.